The number of aromatic nitrogens is 1. The number of oxazole rings is 1. The molecule has 0 bridgehead atoms. The second kappa shape index (κ2) is 8.39. The highest BCUT2D eigenvalue weighted by Crippen LogP contribution is 2.32. The Labute approximate surface area is 186 Å². The van der Waals surface area contributed by atoms with E-state index in [0.29, 0.717) is 50.2 Å². The number of anilines is 1. The van der Waals surface area contributed by atoms with E-state index in [0.717, 1.165) is 13.0 Å². The number of nitriles is 1. The molecule has 3 heterocycles. The second-order valence-electron chi connectivity index (χ2n) is 7.77. The molecule has 2 aromatic carbocycles. The predicted octanol–water partition coefficient (Wildman–Crippen LogP) is 2.80. The molecule has 0 radical (unpaired) electrons. The van der Waals surface area contributed by atoms with Gasteiger partial charge in [-0.25, -0.2) is 8.42 Å². The number of sulfonamides is 1. The van der Waals surface area contributed by atoms with E-state index in [2.05, 4.69) is 23.2 Å². The molecule has 5 rings (SSSR count). The zero-order valence-electron chi connectivity index (χ0n) is 17.4. The first kappa shape index (κ1) is 20.7. The number of hydrogen-bond donors (Lipinski definition) is 0. The summed E-state index contributed by atoms with van der Waals surface area (Å²) >= 11 is 0. The lowest BCUT2D eigenvalue weighted by Gasteiger charge is -2.28. The molecule has 164 valence electrons. The van der Waals surface area contributed by atoms with Gasteiger partial charge in [0.15, 0.2) is 0 Å². The van der Waals surface area contributed by atoms with E-state index < -0.39 is 10.0 Å². The number of ether oxygens (including phenoxy) is 1. The molecule has 0 N–H and O–H groups in total. The van der Waals surface area contributed by atoms with Crippen molar-refractivity contribution in [1.82, 2.24) is 9.29 Å². The molecule has 1 fully saturated rings. The van der Waals surface area contributed by atoms with Gasteiger partial charge < -0.3 is 14.1 Å². The summed E-state index contributed by atoms with van der Waals surface area (Å²) in [6.45, 7) is 2.87. The molecule has 1 aromatic heterocycles. The number of benzene rings is 2. The smallest absolute Gasteiger partial charge is 0.243 e. The van der Waals surface area contributed by atoms with E-state index in [4.69, 9.17) is 9.15 Å². The van der Waals surface area contributed by atoms with Crippen LogP contribution in [0.1, 0.15) is 16.8 Å². The van der Waals surface area contributed by atoms with Crippen LogP contribution in [0.5, 0.6) is 0 Å². The van der Waals surface area contributed by atoms with Gasteiger partial charge in [0.25, 0.3) is 0 Å². The Morgan fingerprint density at radius 3 is 2.41 bits per heavy atom. The van der Waals surface area contributed by atoms with Gasteiger partial charge in [0, 0.05) is 31.7 Å². The topological polar surface area (TPSA) is 99.7 Å². The number of nitrogens with zero attached hydrogens (tertiary/aromatic N) is 4. The highest BCUT2D eigenvalue weighted by atomic mass is 32.2. The van der Waals surface area contributed by atoms with Crippen molar-refractivity contribution in [3.8, 4) is 17.5 Å². The van der Waals surface area contributed by atoms with E-state index in [9.17, 15) is 13.7 Å². The number of rotatable bonds is 4. The Balaban J connectivity index is 1.40. The van der Waals surface area contributed by atoms with E-state index in [-0.39, 0.29) is 10.6 Å². The van der Waals surface area contributed by atoms with Gasteiger partial charge in [0.05, 0.1) is 18.1 Å². The molecule has 0 aliphatic carbocycles. The average molecular weight is 451 g/mol. The molecule has 0 unspecified atom stereocenters. The lowest BCUT2D eigenvalue weighted by molar-refractivity contribution is 0.0730. The Bertz CT molecular complexity index is 1270. The molecule has 0 amide bonds. The summed E-state index contributed by atoms with van der Waals surface area (Å²) in [5, 5.41) is 9.61. The molecule has 2 aliphatic rings. The largest absolute Gasteiger partial charge is 0.419 e. The molecule has 0 saturated carbocycles. The summed E-state index contributed by atoms with van der Waals surface area (Å²) in [7, 11) is -3.57. The lowest BCUT2D eigenvalue weighted by Crippen LogP contribution is -2.40. The van der Waals surface area contributed by atoms with Crippen molar-refractivity contribution in [1.29, 1.82) is 5.26 Å². The van der Waals surface area contributed by atoms with E-state index in [1.165, 1.54) is 15.4 Å². The van der Waals surface area contributed by atoms with Crippen molar-refractivity contribution in [2.75, 3.05) is 37.7 Å². The molecule has 0 spiro atoms. The van der Waals surface area contributed by atoms with Gasteiger partial charge in [0.1, 0.15) is 6.07 Å². The summed E-state index contributed by atoms with van der Waals surface area (Å²) in [5.74, 6) is 0.743. The van der Waals surface area contributed by atoms with E-state index in [1.807, 2.05) is 17.0 Å². The lowest BCUT2D eigenvalue weighted by atomic mass is 10.00. The molecule has 32 heavy (non-hydrogen) atoms. The zero-order chi connectivity index (χ0) is 22.1. The van der Waals surface area contributed by atoms with Crippen LogP contribution in [-0.4, -0.2) is 50.6 Å². The number of morpholine rings is 1. The van der Waals surface area contributed by atoms with Crippen LogP contribution in [0.15, 0.2) is 57.8 Å². The Kier molecular flexibility index (Phi) is 5.43. The summed E-state index contributed by atoms with van der Waals surface area (Å²) in [6.07, 6.45) is 0.866. The first-order valence-electron chi connectivity index (χ1n) is 10.5. The summed E-state index contributed by atoms with van der Waals surface area (Å²) in [4.78, 5) is 6.60. The molecule has 2 aliphatic heterocycles. The van der Waals surface area contributed by atoms with Crippen LogP contribution in [-0.2, 0) is 27.7 Å². The van der Waals surface area contributed by atoms with Crippen LogP contribution in [0.3, 0.4) is 0 Å². The predicted molar refractivity (Wildman–Crippen MR) is 117 cm³/mol. The minimum absolute atomic E-state index is 0.211. The molecular formula is C23H22N4O4S. The molecule has 8 nitrogen and oxygen atoms in total. The van der Waals surface area contributed by atoms with Gasteiger partial charge in [-0.05, 0) is 41.8 Å². The van der Waals surface area contributed by atoms with Gasteiger partial charge in [0.2, 0.25) is 27.5 Å². The minimum Gasteiger partial charge on any atom is -0.419 e. The molecule has 9 heteroatoms. The summed E-state index contributed by atoms with van der Waals surface area (Å²) in [5.41, 5.74) is 3.35. The van der Waals surface area contributed by atoms with Crippen molar-refractivity contribution in [2.45, 2.75) is 17.9 Å². The average Bonchev–Trinajstić information content (AvgIpc) is 3.29. The first-order valence-corrected chi connectivity index (χ1v) is 11.9. The van der Waals surface area contributed by atoms with Crippen LogP contribution in [0.2, 0.25) is 0 Å². The second-order valence-corrected chi connectivity index (χ2v) is 9.70. The van der Waals surface area contributed by atoms with Crippen LogP contribution in [0.4, 0.5) is 5.88 Å². The van der Waals surface area contributed by atoms with Crippen molar-refractivity contribution in [3.05, 3.63) is 65.4 Å². The fraction of sp³-hybridized carbons (Fsp3) is 0.304. The van der Waals surface area contributed by atoms with Gasteiger partial charge in [-0.2, -0.15) is 14.6 Å². The third-order valence-electron chi connectivity index (χ3n) is 5.84. The Hall–Kier alpha value is -3.19. The number of hydrogen-bond acceptors (Lipinski definition) is 7. The van der Waals surface area contributed by atoms with Gasteiger partial charge in [-0.3, -0.25) is 0 Å². The van der Waals surface area contributed by atoms with Crippen molar-refractivity contribution >= 4 is 15.9 Å². The molecule has 0 atom stereocenters. The molecular weight excluding hydrogens is 428 g/mol. The maximum atomic E-state index is 12.8. The monoisotopic (exact) mass is 450 g/mol. The summed E-state index contributed by atoms with van der Waals surface area (Å²) in [6, 6.07) is 16.8. The third kappa shape index (κ3) is 3.77. The van der Waals surface area contributed by atoms with Crippen molar-refractivity contribution < 1.29 is 17.6 Å². The molecule has 3 aromatic rings. The van der Waals surface area contributed by atoms with Gasteiger partial charge in [-0.15, -0.1) is 0 Å². The zero-order valence-corrected chi connectivity index (χ0v) is 18.2. The third-order valence-corrected chi connectivity index (χ3v) is 7.76. The normalized spacial score (nSPS) is 17.0. The van der Waals surface area contributed by atoms with E-state index in [1.54, 1.807) is 24.3 Å². The van der Waals surface area contributed by atoms with Crippen molar-refractivity contribution in [2.24, 2.45) is 0 Å². The fourth-order valence-corrected chi connectivity index (χ4v) is 5.51. The quantitative estimate of drug-likeness (QED) is 0.603. The van der Waals surface area contributed by atoms with Crippen LogP contribution >= 0.6 is 0 Å². The van der Waals surface area contributed by atoms with Gasteiger partial charge >= 0.3 is 0 Å². The SMILES string of the molecule is N#Cc1nc(-c2ccc(S(=O)(=O)N3CCOCC3)cc2)oc1N1CCc2ccccc2C1. The highest BCUT2D eigenvalue weighted by Gasteiger charge is 2.27. The standard InChI is InChI=1S/C23H22N4O4S/c24-15-21-23(26-10-9-17-3-1-2-4-19(17)16-26)31-22(25-21)18-5-7-20(8-6-18)32(28,29)27-11-13-30-14-12-27/h1-8H,9-14,16H2. The number of fused-ring (bicyclic) bond motifs is 1. The van der Waals surface area contributed by atoms with Crippen LogP contribution in [0.25, 0.3) is 11.5 Å². The van der Waals surface area contributed by atoms with Gasteiger partial charge in [-0.1, -0.05) is 24.3 Å². The van der Waals surface area contributed by atoms with Crippen LogP contribution in [0, 0.1) is 11.3 Å². The first-order chi connectivity index (χ1) is 15.6. The maximum absolute atomic E-state index is 12.8. The maximum Gasteiger partial charge on any atom is 0.243 e. The van der Waals surface area contributed by atoms with Crippen LogP contribution < -0.4 is 4.90 Å². The minimum atomic E-state index is -3.57. The summed E-state index contributed by atoms with van der Waals surface area (Å²) < 4.78 is 38.3. The van der Waals surface area contributed by atoms with Crippen molar-refractivity contribution in [3.63, 3.8) is 0 Å². The Morgan fingerprint density at radius 1 is 0.969 bits per heavy atom. The highest BCUT2D eigenvalue weighted by molar-refractivity contribution is 7.89. The molecule has 1 saturated heterocycles. The fourth-order valence-electron chi connectivity index (χ4n) is 4.10. The van der Waals surface area contributed by atoms with E-state index >= 15 is 0 Å². The Morgan fingerprint density at radius 2 is 1.69 bits per heavy atom.